The molecule has 0 atom stereocenters. The van der Waals surface area contributed by atoms with Gasteiger partial charge in [-0.1, -0.05) is 188 Å². The monoisotopic (exact) mass is 828 g/mol. The molecule has 0 spiro atoms. The summed E-state index contributed by atoms with van der Waals surface area (Å²) in [5, 5.41) is 17.7. The third kappa shape index (κ3) is 4.21. The maximum Gasteiger partial charge on any atom is 0.179 e. The molecule has 5 heterocycles. The summed E-state index contributed by atoms with van der Waals surface area (Å²) in [7, 11) is -2.88. The van der Waals surface area contributed by atoms with Gasteiger partial charge in [-0.15, -0.1) is 0 Å². The van der Waals surface area contributed by atoms with Crippen molar-refractivity contribution in [2.45, 2.75) is 0 Å². The Morgan fingerprint density at radius 3 is 1.56 bits per heavy atom. The number of hydrogen-bond acceptors (Lipinski definition) is 1. The van der Waals surface area contributed by atoms with Crippen LogP contribution in [0.25, 0.3) is 109 Å². The molecule has 0 N–H and O–H groups in total. The van der Waals surface area contributed by atoms with Crippen LogP contribution in [0.15, 0.2) is 223 Å². The van der Waals surface area contributed by atoms with Crippen LogP contribution in [0.5, 0.6) is 0 Å². The Morgan fingerprint density at radius 2 is 0.859 bits per heavy atom. The van der Waals surface area contributed by atoms with E-state index >= 15 is 0 Å². The Bertz CT molecular complexity index is 4260. The Balaban J connectivity index is 1.19. The van der Waals surface area contributed by atoms with Gasteiger partial charge < -0.3 is 13.2 Å². The quantitative estimate of drug-likeness (QED) is 0.125. The first-order valence-electron chi connectivity index (χ1n) is 22.2. The molecule has 0 aliphatic heterocycles. The topological polar surface area (TPSA) is 22.0 Å². The van der Waals surface area contributed by atoms with E-state index in [1.54, 1.807) is 0 Å². The zero-order chi connectivity index (χ0) is 41.7. The van der Waals surface area contributed by atoms with Gasteiger partial charge >= 0.3 is 0 Å². The van der Waals surface area contributed by atoms with Gasteiger partial charge in [0.15, 0.2) is 8.07 Å². The first-order chi connectivity index (χ1) is 31.8. The SMILES string of the molecule is c1ccc([Si](c2ccccc2)(c2ccccc2)c2cccc(-c3c4c5cccc6c7ccccc7n(c4cc4c7c8oc9ccccc9c8cc8c9ccccc9n(c34)c87)c65)c2)cc1. The lowest BCUT2D eigenvalue weighted by molar-refractivity contribution is 0.673. The zero-order valence-corrected chi connectivity index (χ0v) is 35.6. The van der Waals surface area contributed by atoms with Crippen molar-refractivity contribution in [1.29, 1.82) is 0 Å². The third-order valence-electron chi connectivity index (χ3n) is 14.5. The maximum atomic E-state index is 7.00. The lowest BCUT2D eigenvalue weighted by Crippen LogP contribution is -2.74. The van der Waals surface area contributed by atoms with Crippen molar-refractivity contribution in [1.82, 2.24) is 8.80 Å². The summed E-state index contributed by atoms with van der Waals surface area (Å²) in [6, 6.07) is 81.6. The molecule has 10 aromatic carbocycles. The van der Waals surface area contributed by atoms with E-state index in [1.165, 1.54) is 108 Å². The molecule has 5 aromatic heterocycles. The van der Waals surface area contributed by atoms with E-state index < -0.39 is 8.07 Å². The summed E-state index contributed by atoms with van der Waals surface area (Å²) in [6.07, 6.45) is 0. The third-order valence-corrected chi connectivity index (χ3v) is 19.3. The molecule has 0 fully saturated rings. The van der Waals surface area contributed by atoms with Crippen LogP contribution in [0.2, 0.25) is 0 Å². The fourth-order valence-corrected chi connectivity index (χ4v) is 16.8. The summed E-state index contributed by atoms with van der Waals surface area (Å²) in [4.78, 5) is 0. The highest BCUT2D eigenvalue weighted by atomic mass is 28.3. The molecule has 0 saturated heterocycles. The standard InChI is InChI=1S/C60H36N2OSi/c1-4-19-38(20-5-1)64(39-21-6-2-7-22-39,40-23-8-3-9-24-40)41-25-16-18-37(34-41)54-55-46-30-17-29-45-42-26-10-13-31-50(42)61(57(45)46)52(55)36-49-56-58-47(43-27-11-14-32-51(43)62(58)59(49)54)35-48-44-28-12-15-33-53(44)63-60(48)56/h1-36H. The summed E-state index contributed by atoms with van der Waals surface area (Å²) in [5.74, 6) is 0. The van der Waals surface area contributed by atoms with E-state index in [1.807, 2.05) is 0 Å². The van der Waals surface area contributed by atoms with E-state index in [4.69, 9.17) is 4.42 Å². The predicted octanol–water partition coefficient (Wildman–Crippen LogP) is 12.9. The van der Waals surface area contributed by atoms with Crippen molar-refractivity contribution in [3.05, 3.63) is 218 Å². The number of rotatable bonds is 5. The highest BCUT2D eigenvalue weighted by Gasteiger charge is 2.41. The average Bonchev–Trinajstić information content (AvgIpc) is 4.16. The summed E-state index contributed by atoms with van der Waals surface area (Å²) in [6.45, 7) is 0. The fourth-order valence-electron chi connectivity index (χ4n) is 12.0. The fraction of sp³-hybridized carbons (Fsp3) is 0. The van der Waals surface area contributed by atoms with Crippen molar-refractivity contribution < 1.29 is 4.42 Å². The summed E-state index contributed by atoms with van der Waals surface area (Å²) in [5.41, 5.74) is 11.6. The van der Waals surface area contributed by atoms with Gasteiger partial charge in [-0.2, -0.15) is 0 Å². The van der Waals surface area contributed by atoms with Gasteiger partial charge in [0.1, 0.15) is 11.2 Å². The summed E-state index contributed by atoms with van der Waals surface area (Å²) < 4.78 is 12.1. The van der Waals surface area contributed by atoms with Gasteiger partial charge in [0.05, 0.1) is 38.5 Å². The molecule has 15 aromatic rings. The smallest absolute Gasteiger partial charge is 0.179 e. The van der Waals surface area contributed by atoms with E-state index in [0.717, 1.165) is 21.9 Å². The molecule has 0 unspecified atom stereocenters. The van der Waals surface area contributed by atoms with E-state index in [0.29, 0.717) is 0 Å². The Morgan fingerprint density at radius 1 is 0.312 bits per heavy atom. The number of hydrogen-bond donors (Lipinski definition) is 0. The first-order valence-corrected chi connectivity index (χ1v) is 24.2. The minimum Gasteiger partial charge on any atom is -0.455 e. The lowest BCUT2D eigenvalue weighted by atomic mass is 9.94. The number of fused-ring (bicyclic) bond motifs is 16. The van der Waals surface area contributed by atoms with Gasteiger partial charge in [0.25, 0.3) is 0 Å². The van der Waals surface area contributed by atoms with Crippen LogP contribution in [0, 0.1) is 0 Å². The van der Waals surface area contributed by atoms with Crippen molar-refractivity contribution in [2.75, 3.05) is 0 Å². The molecule has 296 valence electrons. The largest absolute Gasteiger partial charge is 0.455 e. The predicted molar refractivity (Wildman–Crippen MR) is 272 cm³/mol. The normalized spacial score (nSPS) is 12.7. The van der Waals surface area contributed by atoms with Gasteiger partial charge in [0, 0.05) is 54.0 Å². The van der Waals surface area contributed by atoms with Crippen LogP contribution < -0.4 is 20.7 Å². The van der Waals surface area contributed by atoms with Crippen LogP contribution in [0.4, 0.5) is 0 Å². The van der Waals surface area contributed by atoms with E-state index in [2.05, 4.69) is 227 Å². The first kappa shape index (κ1) is 34.4. The lowest BCUT2D eigenvalue weighted by Gasteiger charge is -2.34. The van der Waals surface area contributed by atoms with Crippen LogP contribution in [0.1, 0.15) is 0 Å². The van der Waals surface area contributed by atoms with Crippen molar-refractivity contribution >= 4 is 127 Å². The van der Waals surface area contributed by atoms with Crippen LogP contribution in [0.3, 0.4) is 0 Å². The molecule has 4 heteroatoms. The highest BCUT2D eigenvalue weighted by Crippen LogP contribution is 2.51. The van der Waals surface area contributed by atoms with Crippen LogP contribution >= 0.6 is 0 Å². The van der Waals surface area contributed by atoms with Crippen molar-refractivity contribution in [3.8, 4) is 11.1 Å². The molecule has 0 aliphatic carbocycles. The van der Waals surface area contributed by atoms with Crippen LogP contribution in [-0.4, -0.2) is 16.9 Å². The van der Waals surface area contributed by atoms with Gasteiger partial charge in [0.2, 0.25) is 0 Å². The number of furan rings is 1. The Kier molecular flexibility index (Phi) is 6.71. The molecule has 0 radical (unpaired) electrons. The molecule has 64 heavy (non-hydrogen) atoms. The van der Waals surface area contributed by atoms with Crippen molar-refractivity contribution in [2.24, 2.45) is 0 Å². The number of benzene rings is 10. The summed E-state index contributed by atoms with van der Waals surface area (Å²) >= 11 is 0. The minimum atomic E-state index is -2.88. The Hall–Kier alpha value is -8.18. The van der Waals surface area contributed by atoms with Crippen molar-refractivity contribution in [3.63, 3.8) is 0 Å². The van der Waals surface area contributed by atoms with Gasteiger partial charge in [-0.25, -0.2) is 0 Å². The molecule has 3 nitrogen and oxygen atoms in total. The van der Waals surface area contributed by atoms with Gasteiger partial charge in [-0.05, 0) is 56.6 Å². The maximum absolute atomic E-state index is 7.00. The second-order valence-corrected chi connectivity index (χ2v) is 21.3. The molecule has 15 rings (SSSR count). The molecular formula is C60H36N2OSi. The zero-order valence-electron chi connectivity index (χ0n) is 34.6. The van der Waals surface area contributed by atoms with Gasteiger partial charge in [-0.3, -0.25) is 0 Å². The molecule has 0 amide bonds. The molecule has 0 bridgehead atoms. The minimum absolute atomic E-state index is 0.911. The Labute approximate surface area is 367 Å². The molecule has 0 saturated carbocycles. The van der Waals surface area contributed by atoms with E-state index in [9.17, 15) is 0 Å². The number of para-hydroxylation sites is 4. The number of aromatic nitrogens is 2. The van der Waals surface area contributed by atoms with E-state index in [-0.39, 0.29) is 0 Å². The second kappa shape index (κ2) is 12.5. The highest BCUT2D eigenvalue weighted by molar-refractivity contribution is 7.19. The molecule has 0 aliphatic rings. The molecular weight excluding hydrogens is 793 g/mol. The number of nitrogens with zero attached hydrogens (tertiary/aromatic N) is 2. The average molecular weight is 829 g/mol. The second-order valence-electron chi connectivity index (χ2n) is 17.5. The van der Waals surface area contributed by atoms with Crippen LogP contribution in [-0.2, 0) is 0 Å².